The number of carbonyl (C=O) groups excluding carboxylic acids is 1. The average Bonchev–Trinajstić information content (AvgIpc) is 2.88. The Labute approximate surface area is 125 Å². The summed E-state index contributed by atoms with van der Waals surface area (Å²) in [5.74, 6) is -0.766. The number of carbonyl (C=O) groups is 1. The number of ether oxygens (including phenoxy) is 1. The zero-order valence-electron chi connectivity index (χ0n) is 10.8. The standard InChI is InChI=1S/C11H11ClN4O4S/c1-2-20-11(17)7-6-13-15-10(7)21(18,19)16-9-5-3-4-8(12)14-9/h3-6H,2H2,1H3,(H,13,15)(H,14,16). The van der Waals surface area contributed by atoms with Gasteiger partial charge in [0, 0.05) is 0 Å². The van der Waals surface area contributed by atoms with E-state index in [2.05, 4.69) is 19.9 Å². The molecule has 0 fully saturated rings. The number of nitrogens with one attached hydrogen (secondary N) is 2. The fourth-order valence-corrected chi connectivity index (χ4v) is 2.74. The van der Waals surface area contributed by atoms with E-state index >= 15 is 0 Å². The molecule has 0 aliphatic heterocycles. The minimum Gasteiger partial charge on any atom is -0.462 e. The lowest BCUT2D eigenvalue weighted by Crippen LogP contribution is -2.18. The van der Waals surface area contributed by atoms with Gasteiger partial charge in [-0.05, 0) is 19.1 Å². The molecule has 0 aromatic carbocycles. The molecule has 0 atom stereocenters. The van der Waals surface area contributed by atoms with Gasteiger partial charge in [0.05, 0.1) is 12.8 Å². The zero-order chi connectivity index (χ0) is 15.5. The van der Waals surface area contributed by atoms with Crippen LogP contribution in [-0.4, -0.2) is 36.2 Å². The van der Waals surface area contributed by atoms with Crippen LogP contribution in [0.4, 0.5) is 5.82 Å². The highest BCUT2D eigenvalue weighted by molar-refractivity contribution is 7.92. The molecule has 0 aliphatic carbocycles. The molecule has 0 spiro atoms. The maximum absolute atomic E-state index is 12.2. The van der Waals surface area contributed by atoms with Crippen molar-refractivity contribution in [2.45, 2.75) is 11.9 Å². The molecule has 0 unspecified atom stereocenters. The SMILES string of the molecule is CCOC(=O)c1cn[nH]c1S(=O)(=O)Nc1cccc(Cl)n1. The second kappa shape index (κ2) is 6.10. The number of esters is 1. The second-order valence-corrected chi connectivity index (χ2v) is 5.79. The summed E-state index contributed by atoms with van der Waals surface area (Å²) in [4.78, 5) is 15.5. The van der Waals surface area contributed by atoms with Crippen LogP contribution in [0, 0.1) is 0 Å². The van der Waals surface area contributed by atoms with Gasteiger partial charge in [0.25, 0.3) is 10.0 Å². The van der Waals surface area contributed by atoms with E-state index < -0.39 is 21.0 Å². The Bertz CT molecular complexity index is 759. The molecule has 0 radical (unpaired) electrons. The van der Waals surface area contributed by atoms with Crippen molar-refractivity contribution in [2.24, 2.45) is 0 Å². The average molecular weight is 331 g/mol. The van der Waals surface area contributed by atoms with Crippen molar-refractivity contribution >= 4 is 33.4 Å². The number of pyridine rings is 1. The minimum absolute atomic E-state index is 0.0203. The second-order valence-electron chi connectivity index (χ2n) is 3.78. The summed E-state index contributed by atoms with van der Waals surface area (Å²) in [6.45, 7) is 1.73. The third kappa shape index (κ3) is 3.50. The van der Waals surface area contributed by atoms with Crippen molar-refractivity contribution in [1.29, 1.82) is 0 Å². The summed E-state index contributed by atoms with van der Waals surface area (Å²) in [5.41, 5.74) is -0.189. The maximum atomic E-state index is 12.2. The fourth-order valence-electron chi connectivity index (χ4n) is 1.49. The van der Waals surface area contributed by atoms with Gasteiger partial charge in [0.1, 0.15) is 16.5 Å². The van der Waals surface area contributed by atoms with Crippen LogP contribution in [0.1, 0.15) is 17.3 Å². The first-order valence-electron chi connectivity index (χ1n) is 5.80. The first-order chi connectivity index (χ1) is 9.94. The van der Waals surface area contributed by atoms with E-state index in [0.717, 1.165) is 6.20 Å². The summed E-state index contributed by atoms with van der Waals surface area (Å²) >= 11 is 5.68. The molecular weight excluding hydrogens is 320 g/mol. The number of rotatable bonds is 5. The molecule has 0 saturated carbocycles. The van der Waals surface area contributed by atoms with Crippen molar-refractivity contribution in [1.82, 2.24) is 15.2 Å². The highest BCUT2D eigenvalue weighted by Crippen LogP contribution is 2.18. The number of sulfonamides is 1. The topological polar surface area (TPSA) is 114 Å². The van der Waals surface area contributed by atoms with Crippen LogP contribution < -0.4 is 4.72 Å². The molecule has 2 N–H and O–H groups in total. The molecule has 2 aromatic rings. The van der Waals surface area contributed by atoms with Crippen LogP contribution in [0.25, 0.3) is 0 Å². The lowest BCUT2D eigenvalue weighted by Gasteiger charge is -2.07. The van der Waals surface area contributed by atoms with Gasteiger partial charge in [-0.15, -0.1) is 0 Å². The molecule has 112 valence electrons. The molecule has 2 heterocycles. The van der Waals surface area contributed by atoms with Gasteiger partial charge in [0.2, 0.25) is 0 Å². The largest absolute Gasteiger partial charge is 0.462 e. The summed E-state index contributed by atoms with van der Waals surface area (Å²) in [6.07, 6.45) is 1.08. The minimum atomic E-state index is -4.07. The van der Waals surface area contributed by atoms with Gasteiger partial charge in [0.15, 0.2) is 5.03 Å². The molecule has 8 nitrogen and oxygen atoms in total. The molecule has 0 bridgehead atoms. The van der Waals surface area contributed by atoms with Crippen LogP contribution in [0.5, 0.6) is 0 Å². The predicted molar refractivity (Wildman–Crippen MR) is 74.6 cm³/mol. The number of hydrogen-bond acceptors (Lipinski definition) is 6. The van der Waals surface area contributed by atoms with E-state index in [0.29, 0.717) is 0 Å². The monoisotopic (exact) mass is 330 g/mol. The van der Waals surface area contributed by atoms with Crippen molar-refractivity contribution in [2.75, 3.05) is 11.3 Å². The Morgan fingerprint density at radius 2 is 2.24 bits per heavy atom. The van der Waals surface area contributed by atoms with Gasteiger partial charge in [-0.25, -0.2) is 9.78 Å². The first kappa shape index (κ1) is 15.3. The Morgan fingerprint density at radius 3 is 2.90 bits per heavy atom. The Balaban J connectivity index is 2.32. The van der Waals surface area contributed by atoms with Crippen LogP contribution in [-0.2, 0) is 14.8 Å². The molecule has 21 heavy (non-hydrogen) atoms. The fraction of sp³-hybridized carbons (Fsp3) is 0.182. The lowest BCUT2D eigenvalue weighted by molar-refractivity contribution is 0.0522. The van der Waals surface area contributed by atoms with Gasteiger partial charge < -0.3 is 4.74 Å². The molecule has 0 saturated heterocycles. The van der Waals surface area contributed by atoms with Crippen molar-refractivity contribution in [3.8, 4) is 0 Å². The third-order valence-electron chi connectivity index (χ3n) is 2.32. The van der Waals surface area contributed by atoms with Crippen molar-refractivity contribution in [3.63, 3.8) is 0 Å². The summed E-state index contributed by atoms with van der Waals surface area (Å²) < 4.78 is 31.4. The van der Waals surface area contributed by atoms with Crippen LogP contribution in [0.2, 0.25) is 5.15 Å². The normalized spacial score (nSPS) is 11.1. The van der Waals surface area contributed by atoms with Crippen LogP contribution in [0.3, 0.4) is 0 Å². The molecule has 2 aromatic heterocycles. The molecule has 0 aliphatic rings. The van der Waals surface area contributed by atoms with E-state index in [1.165, 1.54) is 18.2 Å². The van der Waals surface area contributed by atoms with Gasteiger partial charge in [-0.3, -0.25) is 9.82 Å². The number of anilines is 1. The summed E-state index contributed by atoms with van der Waals surface area (Å²) in [5, 5.41) is 5.55. The Hall–Kier alpha value is -2.13. The van der Waals surface area contributed by atoms with E-state index in [-0.39, 0.29) is 23.1 Å². The smallest absolute Gasteiger partial charge is 0.342 e. The number of aromatic nitrogens is 3. The summed E-state index contributed by atoms with van der Waals surface area (Å²) in [6, 6.07) is 4.45. The van der Waals surface area contributed by atoms with E-state index in [1.54, 1.807) is 6.92 Å². The van der Waals surface area contributed by atoms with E-state index in [4.69, 9.17) is 16.3 Å². The van der Waals surface area contributed by atoms with E-state index in [1.807, 2.05) is 0 Å². The Morgan fingerprint density at radius 1 is 1.48 bits per heavy atom. The van der Waals surface area contributed by atoms with Crippen LogP contribution in [0.15, 0.2) is 29.4 Å². The number of aromatic amines is 1. The van der Waals surface area contributed by atoms with Gasteiger partial charge in [-0.2, -0.15) is 13.5 Å². The Kier molecular flexibility index (Phi) is 4.43. The van der Waals surface area contributed by atoms with Crippen molar-refractivity contribution < 1.29 is 17.9 Å². The number of nitrogens with zero attached hydrogens (tertiary/aromatic N) is 2. The lowest BCUT2D eigenvalue weighted by atomic mass is 10.4. The molecule has 2 rings (SSSR count). The summed E-state index contributed by atoms with van der Waals surface area (Å²) in [7, 11) is -4.07. The molecular formula is C11H11ClN4O4S. The number of H-pyrrole nitrogens is 1. The first-order valence-corrected chi connectivity index (χ1v) is 7.66. The van der Waals surface area contributed by atoms with Gasteiger partial charge >= 0.3 is 5.97 Å². The third-order valence-corrected chi connectivity index (χ3v) is 3.86. The highest BCUT2D eigenvalue weighted by Gasteiger charge is 2.26. The van der Waals surface area contributed by atoms with E-state index in [9.17, 15) is 13.2 Å². The number of halogens is 1. The molecule has 0 amide bonds. The maximum Gasteiger partial charge on any atom is 0.342 e. The zero-order valence-corrected chi connectivity index (χ0v) is 12.4. The quantitative estimate of drug-likeness (QED) is 0.633. The highest BCUT2D eigenvalue weighted by atomic mass is 35.5. The van der Waals surface area contributed by atoms with Crippen molar-refractivity contribution in [3.05, 3.63) is 35.1 Å². The predicted octanol–water partition coefficient (Wildman–Crippen LogP) is 1.44. The van der Waals surface area contributed by atoms with Crippen LogP contribution >= 0.6 is 11.6 Å². The van der Waals surface area contributed by atoms with Gasteiger partial charge in [-0.1, -0.05) is 17.7 Å². The number of hydrogen-bond donors (Lipinski definition) is 2. The molecule has 10 heteroatoms.